The van der Waals surface area contributed by atoms with E-state index in [4.69, 9.17) is 19.3 Å². The van der Waals surface area contributed by atoms with Gasteiger partial charge in [0.15, 0.2) is 11.5 Å². The third-order valence-electron chi connectivity index (χ3n) is 3.14. The third kappa shape index (κ3) is 2.91. The van der Waals surface area contributed by atoms with Gasteiger partial charge in [0.05, 0.1) is 26.9 Å². The Morgan fingerprint density at radius 3 is 2.10 bits per heavy atom. The van der Waals surface area contributed by atoms with Crippen molar-refractivity contribution in [1.82, 2.24) is 0 Å². The van der Waals surface area contributed by atoms with Crippen molar-refractivity contribution in [3.8, 4) is 28.4 Å². The zero-order valence-corrected chi connectivity index (χ0v) is 12.0. The molecule has 1 N–H and O–H groups in total. The lowest BCUT2D eigenvalue weighted by Crippen LogP contribution is -1.98. The second-order valence-electron chi connectivity index (χ2n) is 4.29. The van der Waals surface area contributed by atoms with E-state index in [0.717, 1.165) is 11.1 Å². The largest absolute Gasteiger partial charge is 0.496 e. The summed E-state index contributed by atoms with van der Waals surface area (Å²) in [7, 11) is 4.64. The minimum absolute atomic E-state index is 0.177. The Morgan fingerprint density at radius 1 is 0.857 bits per heavy atom. The van der Waals surface area contributed by atoms with E-state index in [9.17, 15) is 4.79 Å². The first-order chi connectivity index (χ1) is 10.1. The Balaban J connectivity index is 2.53. The maximum atomic E-state index is 11.0. The van der Waals surface area contributed by atoms with Gasteiger partial charge in [-0.05, 0) is 35.9 Å². The van der Waals surface area contributed by atoms with Crippen LogP contribution in [0.2, 0.25) is 0 Å². The summed E-state index contributed by atoms with van der Waals surface area (Å²) >= 11 is 0. The molecule has 21 heavy (non-hydrogen) atoms. The van der Waals surface area contributed by atoms with E-state index in [1.165, 1.54) is 19.2 Å². The Hall–Kier alpha value is -2.69. The number of hydrogen-bond acceptors (Lipinski definition) is 4. The van der Waals surface area contributed by atoms with Crippen molar-refractivity contribution in [1.29, 1.82) is 0 Å². The summed E-state index contributed by atoms with van der Waals surface area (Å²) in [6.07, 6.45) is 0. The highest BCUT2D eigenvalue weighted by Crippen LogP contribution is 2.36. The van der Waals surface area contributed by atoms with Gasteiger partial charge in [-0.25, -0.2) is 4.79 Å². The van der Waals surface area contributed by atoms with Crippen LogP contribution in [-0.2, 0) is 0 Å². The number of carboxylic acids is 1. The molecule has 0 spiro atoms. The second kappa shape index (κ2) is 6.17. The highest BCUT2D eigenvalue weighted by atomic mass is 16.5. The van der Waals surface area contributed by atoms with Crippen molar-refractivity contribution in [3.05, 3.63) is 42.0 Å². The molecule has 0 heterocycles. The predicted octanol–water partition coefficient (Wildman–Crippen LogP) is 3.08. The molecule has 5 nitrogen and oxygen atoms in total. The summed E-state index contributed by atoms with van der Waals surface area (Å²) in [4.78, 5) is 11.0. The highest BCUT2D eigenvalue weighted by Gasteiger charge is 2.13. The van der Waals surface area contributed by atoms with Crippen LogP contribution in [-0.4, -0.2) is 32.4 Å². The molecule has 0 atom stereocenters. The first-order valence-corrected chi connectivity index (χ1v) is 6.24. The van der Waals surface area contributed by atoms with Crippen molar-refractivity contribution >= 4 is 5.97 Å². The van der Waals surface area contributed by atoms with Crippen molar-refractivity contribution in [2.75, 3.05) is 21.3 Å². The first-order valence-electron chi connectivity index (χ1n) is 6.24. The fourth-order valence-corrected chi connectivity index (χ4v) is 2.07. The molecule has 0 aliphatic heterocycles. The van der Waals surface area contributed by atoms with Gasteiger partial charge in [-0.2, -0.15) is 0 Å². The van der Waals surface area contributed by atoms with Crippen LogP contribution in [0, 0.1) is 0 Å². The van der Waals surface area contributed by atoms with Crippen molar-refractivity contribution in [3.63, 3.8) is 0 Å². The van der Waals surface area contributed by atoms with E-state index in [-0.39, 0.29) is 5.56 Å². The van der Waals surface area contributed by atoms with Crippen LogP contribution in [0.5, 0.6) is 17.2 Å². The normalized spacial score (nSPS) is 10.0. The average Bonchev–Trinajstić information content (AvgIpc) is 2.53. The molecule has 0 saturated heterocycles. The SMILES string of the molecule is COc1ccc(-c2ccc(C(=O)O)cc2OC)cc1OC. The number of aromatic carboxylic acids is 1. The maximum absolute atomic E-state index is 11.0. The van der Waals surface area contributed by atoms with Gasteiger partial charge < -0.3 is 19.3 Å². The number of carboxylic acid groups (broad SMARTS) is 1. The van der Waals surface area contributed by atoms with Crippen LogP contribution in [0.15, 0.2) is 36.4 Å². The molecule has 2 rings (SSSR count). The van der Waals surface area contributed by atoms with Gasteiger partial charge in [-0.3, -0.25) is 0 Å². The van der Waals surface area contributed by atoms with Gasteiger partial charge in [0.2, 0.25) is 0 Å². The predicted molar refractivity (Wildman–Crippen MR) is 78.5 cm³/mol. The molecule has 0 radical (unpaired) electrons. The molecule has 0 unspecified atom stereocenters. The lowest BCUT2D eigenvalue weighted by atomic mass is 10.0. The van der Waals surface area contributed by atoms with Gasteiger partial charge >= 0.3 is 5.97 Å². The van der Waals surface area contributed by atoms with Gasteiger partial charge in [0.25, 0.3) is 0 Å². The van der Waals surface area contributed by atoms with Crippen molar-refractivity contribution in [2.24, 2.45) is 0 Å². The van der Waals surface area contributed by atoms with Crippen LogP contribution in [0.25, 0.3) is 11.1 Å². The summed E-state index contributed by atoms with van der Waals surface area (Å²) in [5, 5.41) is 9.02. The van der Waals surface area contributed by atoms with Crippen LogP contribution >= 0.6 is 0 Å². The van der Waals surface area contributed by atoms with E-state index in [2.05, 4.69) is 0 Å². The zero-order valence-electron chi connectivity index (χ0n) is 12.0. The fourth-order valence-electron chi connectivity index (χ4n) is 2.07. The zero-order chi connectivity index (χ0) is 15.4. The smallest absolute Gasteiger partial charge is 0.335 e. The molecule has 5 heteroatoms. The summed E-state index contributed by atoms with van der Waals surface area (Å²) in [6, 6.07) is 10.2. The number of methoxy groups -OCH3 is 3. The Labute approximate surface area is 122 Å². The summed E-state index contributed by atoms with van der Waals surface area (Å²) < 4.78 is 15.8. The minimum atomic E-state index is -0.993. The van der Waals surface area contributed by atoms with Crippen LogP contribution < -0.4 is 14.2 Å². The third-order valence-corrected chi connectivity index (χ3v) is 3.14. The second-order valence-corrected chi connectivity index (χ2v) is 4.29. The Bertz CT molecular complexity index is 664. The molecule has 0 bridgehead atoms. The maximum Gasteiger partial charge on any atom is 0.335 e. The molecular weight excluding hydrogens is 272 g/mol. The Morgan fingerprint density at radius 2 is 1.52 bits per heavy atom. The monoisotopic (exact) mass is 288 g/mol. The van der Waals surface area contributed by atoms with E-state index in [1.807, 2.05) is 12.1 Å². The number of ether oxygens (including phenoxy) is 3. The fraction of sp³-hybridized carbons (Fsp3) is 0.188. The van der Waals surface area contributed by atoms with Crippen LogP contribution in [0.3, 0.4) is 0 Å². The van der Waals surface area contributed by atoms with Gasteiger partial charge in [-0.1, -0.05) is 6.07 Å². The van der Waals surface area contributed by atoms with Crippen LogP contribution in [0.4, 0.5) is 0 Å². The number of carbonyl (C=O) groups is 1. The molecule has 0 aromatic heterocycles. The highest BCUT2D eigenvalue weighted by molar-refractivity contribution is 5.89. The summed E-state index contributed by atoms with van der Waals surface area (Å²) in [6.45, 7) is 0. The first kappa shape index (κ1) is 14.7. The topological polar surface area (TPSA) is 65.0 Å². The quantitative estimate of drug-likeness (QED) is 0.916. The van der Waals surface area contributed by atoms with E-state index in [1.54, 1.807) is 26.4 Å². The molecular formula is C16H16O5. The van der Waals surface area contributed by atoms with Gasteiger partial charge in [0, 0.05) is 5.56 Å². The van der Waals surface area contributed by atoms with Crippen molar-refractivity contribution < 1.29 is 24.1 Å². The number of hydrogen-bond donors (Lipinski definition) is 1. The molecule has 2 aromatic carbocycles. The summed E-state index contributed by atoms with van der Waals surface area (Å²) in [5.74, 6) is 0.719. The molecule has 110 valence electrons. The average molecular weight is 288 g/mol. The lowest BCUT2D eigenvalue weighted by molar-refractivity contribution is 0.0696. The molecule has 0 aliphatic rings. The van der Waals surface area contributed by atoms with Gasteiger partial charge in [0.1, 0.15) is 5.75 Å². The van der Waals surface area contributed by atoms with Crippen molar-refractivity contribution in [2.45, 2.75) is 0 Å². The molecule has 0 amide bonds. The Kier molecular flexibility index (Phi) is 4.33. The number of benzene rings is 2. The molecule has 2 aromatic rings. The minimum Gasteiger partial charge on any atom is -0.496 e. The van der Waals surface area contributed by atoms with E-state index < -0.39 is 5.97 Å². The van der Waals surface area contributed by atoms with E-state index in [0.29, 0.717) is 17.2 Å². The molecule has 0 aliphatic carbocycles. The molecule has 0 saturated carbocycles. The standard InChI is InChI=1S/C16H16O5/c1-19-13-7-5-10(8-15(13)21-3)12-6-4-11(16(17)18)9-14(12)20-2/h4-9H,1-3H3,(H,17,18). The lowest BCUT2D eigenvalue weighted by Gasteiger charge is -2.12. The van der Waals surface area contributed by atoms with Crippen LogP contribution in [0.1, 0.15) is 10.4 Å². The molecule has 0 fully saturated rings. The summed E-state index contributed by atoms with van der Waals surface area (Å²) in [5.41, 5.74) is 1.81. The van der Waals surface area contributed by atoms with E-state index >= 15 is 0 Å². The number of rotatable bonds is 5. The van der Waals surface area contributed by atoms with Gasteiger partial charge in [-0.15, -0.1) is 0 Å².